The van der Waals surface area contributed by atoms with Crippen LogP contribution in [0.2, 0.25) is 15.1 Å². The Balaban J connectivity index is 2.71. The number of benzene rings is 1. The van der Waals surface area contributed by atoms with Crippen LogP contribution in [0.4, 0.5) is 10.5 Å². The highest BCUT2D eigenvalue weighted by atomic mass is 35.5. The maximum absolute atomic E-state index is 11.8. The van der Waals surface area contributed by atoms with Crippen LogP contribution in [0, 0.1) is 0 Å². The first-order chi connectivity index (χ1) is 8.81. The zero-order valence-electron chi connectivity index (χ0n) is 9.91. The molecule has 2 N–H and O–H groups in total. The Kier molecular flexibility index (Phi) is 5.72. The SMILES string of the molecule is CN(CCC(=O)O)C(=O)Nc1cc(Cl)c(Cl)cc1Cl. The highest BCUT2D eigenvalue weighted by Crippen LogP contribution is 2.32. The molecule has 1 aromatic rings. The number of halogens is 3. The Morgan fingerprint density at radius 1 is 1.21 bits per heavy atom. The number of rotatable bonds is 4. The second kappa shape index (κ2) is 6.84. The summed E-state index contributed by atoms with van der Waals surface area (Å²) in [6.45, 7) is 0.0834. The molecule has 0 fully saturated rings. The minimum absolute atomic E-state index is 0.0834. The van der Waals surface area contributed by atoms with E-state index in [-0.39, 0.29) is 28.0 Å². The second-order valence-electron chi connectivity index (χ2n) is 3.74. The normalized spacial score (nSPS) is 10.1. The van der Waals surface area contributed by atoms with Crippen molar-refractivity contribution in [1.29, 1.82) is 0 Å². The Hall–Kier alpha value is -1.17. The maximum Gasteiger partial charge on any atom is 0.321 e. The number of nitrogens with zero attached hydrogens (tertiary/aromatic N) is 1. The van der Waals surface area contributed by atoms with E-state index in [0.717, 1.165) is 0 Å². The molecule has 5 nitrogen and oxygen atoms in total. The molecule has 0 bridgehead atoms. The van der Waals surface area contributed by atoms with Crippen LogP contribution in [0.15, 0.2) is 12.1 Å². The molecule has 0 aliphatic heterocycles. The number of hydrogen-bond acceptors (Lipinski definition) is 2. The zero-order valence-corrected chi connectivity index (χ0v) is 12.2. The fraction of sp³-hybridized carbons (Fsp3) is 0.273. The monoisotopic (exact) mass is 324 g/mol. The average Bonchev–Trinajstić information content (AvgIpc) is 2.32. The summed E-state index contributed by atoms with van der Waals surface area (Å²) in [7, 11) is 1.48. The van der Waals surface area contributed by atoms with Gasteiger partial charge in [0.25, 0.3) is 0 Å². The van der Waals surface area contributed by atoms with Gasteiger partial charge in [0.15, 0.2) is 0 Å². The molecule has 0 atom stereocenters. The minimum Gasteiger partial charge on any atom is -0.481 e. The maximum atomic E-state index is 11.8. The number of amides is 2. The van der Waals surface area contributed by atoms with Gasteiger partial charge in [-0.2, -0.15) is 0 Å². The molecule has 19 heavy (non-hydrogen) atoms. The number of anilines is 1. The molecule has 104 valence electrons. The van der Waals surface area contributed by atoms with Crippen molar-refractivity contribution in [3.63, 3.8) is 0 Å². The van der Waals surface area contributed by atoms with Gasteiger partial charge in [-0.3, -0.25) is 4.79 Å². The third-order valence-electron chi connectivity index (χ3n) is 2.26. The predicted octanol–water partition coefficient (Wildman–Crippen LogP) is 3.59. The summed E-state index contributed by atoms with van der Waals surface area (Å²) >= 11 is 17.5. The fourth-order valence-corrected chi connectivity index (χ4v) is 1.79. The predicted molar refractivity (Wildman–Crippen MR) is 75.4 cm³/mol. The average molecular weight is 326 g/mol. The van der Waals surface area contributed by atoms with Gasteiger partial charge in [-0.15, -0.1) is 0 Å². The van der Waals surface area contributed by atoms with Crippen molar-refractivity contribution in [1.82, 2.24) is 4.90 Å². The summed E-state index contributed by atoms with van der Waals surface area (Å²) in [5.41, 5.74) is 0.309. The van der Waals surface area contributed by atoms with Crippen molar-refractivity contribution < 1.29 is 14.7 Å². The van der Waals surface area contributed by atoms with Gasteiger partial charge < -0.3 is 15.3 Å². The quantitative estimate of drug-likeness (QED) is 0.831. The summed E-state index contributed by atoms with van der Waals surface area (Å²) in [6, 6.07) is 2.36. The number of hydrogen-bond donors (Lipinski definition) is 2. The molecule has 0 aliphatic rings. The number of carboxylic acids is 1. The molecule has 1 aromatic carbocycles. The first kappa shape index (κ1) is 15.9. The topological polar surface area (TPSA) is 69.6 Å². The lowest BCUT2D eigenvalue weighted by atomic mass is 10.3. The Bertz CT molecular complexity index is 508. The third kappa shape index (κ3) is 4.78. The van der Waals surface area contributed by atoms with E-state index in [1.165, 1.54) is 24.1 Å². The van der Waals surface area contributed by atoms with Crippen molar-refractivity contribution in [2.24, 2.45) is 0 Å². The van der Waals surface area contributed by atoms with Gasteiger partial charge in [0.2, 0.25) is 0 Å². The zero-order chi connectivity index (χ0) is 14.6. The fourth-order valence-electron chi connectivity index (χ4n) is 1.19. The van der Waals surface area contributed by atoms with Crippen LogP contribution in [0.25, 0.3) is 0 Å². The van der Waals surface area contributed by atoms with Gasteiger partial charge in [0, 0.05) is 13.6 Å². The third-order valence-corrected chi connectivity index (χ3v) is 3.29. The molecule has 8 heteroatoms. The molecule has 0 radical (unpaired) electrons. The van der Waals surface area contributed by atoms with Crippen LogP contribution in [0.5, 0.6) is 0 Å². The van der Waals surface area contributed by atoms with Gasteiger partial charge >= 0.3 is 12.0 Å². The number of carboxylic acid groups (broad SMARTS) is 1. The summed E-state index contributed by atoms with van der Waals surface area (Å²) in [6.07, 6.45) is -0.140. The lowest BCUT2D eigenvalue weighted by Crippen LogP contribution is -2.33. The van der Waals surface area contributed by atoms with Crippen LogP contribution in [-0.4, -0.2) is 35.6 Å². The van der Waals surface area contributed by atoms with Crippen molar-refractivity contribution in [2.45, 2.75) is 6.42 Å². The highest BCUT2D eigenvalue weighted by molar-refractivity contribution is 6.44. The van der Waals surface area contributed by atoms with Gasteiger partial charge in [-0.25, -0.2) is 4.79 Å². The van der Waals surface area contributed by atoms with Crippen LogP contribution in [0.3, 0.4) is 0 Å². The molecular weight excluding hydrogens is 314 g/mol. The number of urea groups is 1. The van der Waals surface area contributed by atoms with E-state index in [9.17, 15) is 9.59 Å². The summed E-state index contributed by atoms with van der Waals surface area (Å²) < 4.78 is 0. The van der Waals surface area contributed by atoms with Crippen LogP contribution < -0.4 is 5.32 Å². The molecule has 0 heterocycles. The summed E-state index contributed by atoms with van der Waals surface area (Å²) in [5, 5.41) is 11.8. The Labute approximate surface area is 125 Å². The first-order valence-corrected chi connectivity index (χ1v) is 6.33. The van der Waals surface area contributed by atoms with Gasteiger partial charge in [0.05, 0.1) is 27.2 Å². The number of nitrogens with one attached hydrogen (secondary N) is 1. The van der Waals surface area contributed by atoms with E-state index in [2.05, 4.69) is 5.32 Å². The molecule has 0 aliphatic carbocycles. The Morgan fingerprint density at radius 2 is 1.79 bits per heavy atom. The van der Waals surface area contributed by atoms with Crippen molar-refractivity contribution >= 4 is 52.5 Å². The Morgan fingerprint density at radius 3 is 2.37 bits per heavy atom. The van der Waals surface area contributed by atoms with E-state index < -0.39 is 12.0 Å². The van der Waals surface area contributed by atoms with Gasteiger partial charge in [0.1, 0.15) is 0 Å². The molecule has 0 spiro atoms. The van der Waals surface area contributed by atoms with E-state index in [0.29, 0.717) is 5.69 Å². The molecule has 0 aromatic heterocycles. The van der Waals surface area contributed by atoms with Gasteiger partial charge in [-0.05, 0) is 12.1 Å². The smallest absolute Gasteiger partial charge is 0.321 e. The number of carbonyl (C=O) groups excluding carboxylic acids is 1. The van der Waals surface area contributed by atoms with E-state index >= 15 is 0 Å². The van der Waals surface area contributed by atoms with E-state index in [1.54, 1.807) is 0 Å². The molecule has 2 amide bonds. The summed E-state index contributed by atoms with van der Waals surface area (Å²) in [4.78, 5) is 23.4. The van der Waals surface area contributed by atoms with Crippen molar-refractivity contribution in [3.05, 3.63) is 27.2 Å². The van der Waals surface area contributed by atoms with Crippen LogP contribution in [0.1, 0.15) is 6.42 Å². The molecule has 0 unspecified atom stereocenters. The molecule has 1 rings (SSSR count). The number of aliphatic carboxylic acids is 1. The van der Waals surface area contributed by atoms with Crippen molar-refractivity contribution in [3.8, 4) is 0 Å². The molecular formula is C11H11Cl3N2O3. The second-order valence-corrected chi connectivity index (χ2v) is 4.96. The van der Waals surface area contributed by atoms with Crippen LogP contribution >= 0.6 is 34.8 Å². The van der Waals surface area contributed by atoms with E-state index in [1.807, 2.05) is 0 Å². The standard InChI is InChI=1S/C11H11Cl3N2O3/c1-16(3-2-10(17)18)11(19)15-9-5-7(13)6(12)4-8(9)14/h4-5H,2-3H2,1H3,(H,15,19)(H,17,18). The minimum atomic E-state index is -0.979. The molecule has 0 saturated carbocycles. The van der Waals surface area contributed by atoms with Crippen LogP contribution in [-0.2, 0) is 4.79 Å². The van der Waals surface area contributed by atoms with Gasteiger partial charge in [-0.1, -0.05) is 34.8 Å². The molecule has 0 saturated heterocycles. The number of carbonyl (C=O) groups is 2. The van der Waals surface area contributed by atoms with E-state index in [4.69, 9.17) is 39.9 Å². The lowest BCUT2D eigenvalue weighted by molar-refractivity contribution is -0.137. The highest BCUT2D eigenvalue weighted by Gasteiger charge is 2.13. The lowest BCUT2D eigenvalue weighted by Gasteiger charge is -2.17. The van der Waals surface area contributed by atoms with Crippen molar-refractivity contribution in [2.75, 3.05) is 18.9 Å². The first-order valence-electron chi connectivity index (χ1n) is 5.19. The largest absolute Gasteiger partial charge is 0.481 e. The summed E-state index contributed by atoms with van der Waals surface area (Å²) in [5.74, 6) is -0.979.